The van der Waals surface area contributed by atoms with Crippen LogP contribution in [0.3, 0.4) is 0 Å². The molecule has 0 N–H and O–H groups in total. The highest BCUT2D eigenvalue weighted by Gasteiger charge is 2.23. The second-order valence-corrected chi connectivity index (χ2v) is 10.9. The van der Waals surface area contributed by atoms with Gasteiger partial charge in [0.05, 0.1) is 0 Å². The van der Waals surface area contributed by atoms with E-state index in [4.69, 9.17) is 35.8 Å². The first-order valence-corrected chi connectivity index (χ1v) is 14.2. The third-order valence-electron chi connectivity index (χ3n) is 8.57. The van der Waals surface area contributed by atoms with Crippen molar-refractivity contribution in [3.05, 3.63) is 121 Å². The summed E-state index contributed by atoms with van der Waals surface area (Å²) in [4.78, 5) is 0. The normalized spacial score (nSPS) is 11.6. The van der Waals surface area contributed by atoms with Crippen LogP contribution in [0.25, 0.3) is 76.9 Å². The van der Waals surface area contributed by atoms with Crippen LogP contribution in [0.4, 0.5) is 0 Å². The molecule has 43 heavy (non-hydrogen) atoms. The fraction of sp³-hybridized carbons (Fsp3) is 0. The third-order valence-corrected chi connectivity index (χ3v) is 8.57. The molecule has 1 heterocycles. The van der Waals surface area contributed by atoms with Crippen molar-refractivity contribution in [3.8, 4) is 33.4 Å². The molecule has 0 saturated heterocycles. The van der Waals surface area contributed by atoms with Crippen molar-refractivity contribution >= 4 is 96.7 Å². The Hall–Kier alpha value is -4.88. The van der Waals surface area contributed by atoms with Crippen molar-refractivity contribution in [3.63, 3.8) is 0 Å². The van der Waals surface area contributed by atoms with E-state index in [1.54, 1.807) is 0 Å². The van der Waals surface area contributed by atoms with E-state index < -0.39 is 0 Å². The Kier molecular flexibility index (Phi) is 5.91. The Bertz CT molecular complexity index is 2300. The standard InChI is InChI=1S/C38H20B4O/c39-35-33(27-18-10-20-29-31(27)26-17-8-9-19-28(26)43-29)36(40)38(42)34(37(35)41)32-24-15-6-4-13-22(24)30(21-11-2-1-3-12-21)23-14-5-7-16-25(23)32/h1-20H. The lowest BCUT2D eigenvalue weighted by Gasteiger charge is -2.26. The average molecular weight is 536 g/mol. The highest BCUT2D eigenvalue weighted by molar-refractivity contribution is 6.63. The van der Waals surface area contributed by atoms with Gasteiger partial charge in [-0.25, -0.2) is 0 Å². The second-order valence-electron chi connectivity index (χ2n) is 10.9. The van der Waals surface area contributed by atoms with Gasteiger partial charge in [0.15, 0.2) is 0 Å². The molecule has 8 aromatic rings. The average Bonchev–Trinajstić information content (AvgIpc) is 3.43. The molecule has 0 aliphatic heterocycles. The van der Waals surface area contributed by atoms with E-state index in [1.165, 1.54) is 0 Å². The van der Waals surface area contributed by atoms with E-state index in [0.29, 0.717) is 33.0 Å². The van der Waals surface area contributed by atoms with Gasteiger partial charge >= 0.3 is 0 Å². The van der Waals surface area contributed by atoms with Crippen LogP contribution >= 0.6 is 0 Å². The minimum absolute atomic E-state index is 0.389. The predicted octanol–water partition coefficient (Wildman–Crippen LogP) is 6.07. The van der Waals surface area contributed by atoms with Gasteiger partial charge in [0, 0.05) is 10.8 Å². The summed E-state index contributed by atoms with van der Waals surface area (Å²) in [6, 6.07) is 40.9. The van der Waals surface area contributed by atoms with Gasteiger partial charge in [-0.2, -0.15) is 0 Å². The van der Waals surface area contributed by atoms with Gasteiger partial charge < -0.3 is 4.42 Å². The lowest BCUT2D eigenvalue weighted by atomic mass is 9.61. The van der Waals surface area contributed by atoms with Crippen LogP contribution < -0.4 is 21.9 Å². The van der Waals surface area contributed by atoms with Gasteiger partial charge in [-0.15, -0.1) is 0 Å². The minimum atomic E-state index is 0.389. The zero-order chi connectivity index (χ0) is 29.2. The van der Waals surface area contributed by atoms with Crippen LogP contribution in [0.2, 0.25) is 0 Å². The van der Waals surface area contributed by atoms with Crippen LogP contribution in [0.1, 0.15) is 0 Å². The van der Waals surface area contributed by atoms with Gasteiger partial charge in [0.25, 0.3) is 0 Å². The van der Waals surface area contributed by atoms with E-state index in [2.05, 4.69) is 60.7 Å². The smallest absolute Gasteiger partial charge is 0.136 e. The van der Waals surface area contributed by atoms with Crippen molar-refractivity contribution in [1.82, 2.24) is 0 Å². The Labute approximate surface area is 255 Å². The first-order chi connectivity index (χ1) is 21.0. The summed E-state index contributed by atoms with van der Waals surface area (Å²) < 4.78 is 6.15. The highest BCUT2D eigenvalue weighted by atomic mass is 16.3. The quantitative estimate of drug-likeness (QED) is 0.198. The molecule has 7 aromatic carbocycles. The molecule has 1 nitrogen and oxygen atoms in total. The topological polar surface area (TPSA) is 13.1 Å². The van der Waals surface area contributed by atoms with Crippen LogP contribution in [-0.4, -0.2) is 31.4 Å². The number of fused-ring (bicyclic) bond motifs is 5. The Morgan fingerprint density at radius 2 is 0.814 bits per heavy atom. The highest BCUT2D eigenvalue weighted by Crippen LogP contribution is 2.43. The molecule has 1 aromatic heterocycles. The molecule has 0 bridgehead atoms. The first-order valence-electron chi connectivity index (χ1n) is 14.2. The molecular weight excluding hydrogens is 516 g/mol. The lowest BCUT2D eigenvalue weighted by Crippen LogP contribution is -2.44. The zero-order valence-electron chi connectivity index (χ0n) is 23.3. The largest absolute Gasteiger partial charge is 0.456 e. The zero-order valence-corrected chi connectivity index (χ0v) is 23.3. The van der Waals surface area contributed by atoms with Gasteiger partial charge in [0.2, 0.25) is 0 Å². The van der Waals surface area contributed by atoms with Gasteiger partial charge in [-0.1, -0.05) is 131 Å². The van der Waals surface area contributed by atoms with Crippen LogP contribution in [0.5, 0.6) is 0 Å². The van der Waals surface area contributed by atoms with Crippen LogP contribution in [0, 0.1) is 0 Å². The van der Waals surface area contributed by atoms with Crippen LogP contribution in [-0.2, 0) is 0 Å². The molecule has 0 unspecified atom stereocenters. The Balaban J connectivity index is 1.48. The Morgan fingerprint density at radius 3 is 1.42 bits per heavy atom. The molecule has 0 aliphatic rings. The lowest BCUT2D eigenvalue weighted by molar-refractivity contribution is 0.669. The summed E-state index contributed by atoms with van der Waals surface area (Å²) in [5.41, 5.74) is 8.40. The van der Waals surface area contributed by atoms with Crippen molar-refractivity contribution in [2.75, 3.05) is 0 Å². The molecule has 8 rings (SSSR count). The molecule has 0 spiro atoms. The van der Waals surface area contributed by atoms with Gasteiger partial charge in [-0.3, -0.25) is 0 Å². The monoisotopic (exact) mass is 536 g/mol. The summed E-state index contributed by atoms with van der Waals surface area (Å²) in [5, 5.41) is 6.13. The van der Waals surface area contributed by atoms with Crippen molar-refractivity contribution in [2.24, 2.45) is 0 Å². The maximum Gasteiger partial charge on any atom is 0.136 e. The number of hydrogen-bond acceptors (Lipinski definition) is 1. The molecule has 190 valence electrons. The van der Waals surface area contributed by atoms with Crippen molar-refractivity contribution < 1.29 is 4.42 Å². The molecule has 0 aliphatic carbocycles. The minimum Gasteiger partial charge on any atom is -0.456 e. The number of hydrogen-bond donors (Lipinski definition) is 0. The van der Waals surface area contributed by atoms with E-state index in [-0.39, 0.29) is 0 Å². The predicted molar refractivity (Wildman–Crippen MR) is 187 cm³/mol. The first kappa shape index (κ1) is 25.8. The molecule has 8 radical (unpaired) electrons. The summed E-state index contributed by atoms with van der Waals surface area (Å²) in [6.07, 6.45) is 0. The van der Waals surface area contributed by atoms with Gasteiger partial charge in [-0.05, 0) is 67.1 Å². The summed E-state index contributed by atoms with van der Waals surface area (Å²) in [6.45, 7) is 0. The Morgan fingerprint density at radius 1 is 0.349 bits per heavy atom. The SMILES string of the molecule is [B]c1c([B])c(-c2cccc3oc4ccccc4c23)c([B])c([B])c1-c1c2ccccc2c(-c2ccccc2)c2ccccc12. The molecule has 0 fully saturated rings. The fourth-order valence-corrected chi connectivity index (χ4v) is 6.68. The summed E-state index contributed by atoms with van der Waals surface area (Å²) in [5.74, 6) is 0. The molecule has 0 atom stereocenters. The fourth-order valence-electron chi connectivity index (χ4n) is 6.68. The summed E-state index contributed by atoms with van der Waals surface area (Å²) in [7, 11) is 27.9. The number of rotatable bonds is 3. The van der Waals surface area contributed by atoms with Crippen LogP contribution in [0.15, 0.2) is 126 Å². The maximum atomic E-state index is 7.00. The number of benzene rings is 7. The third kappa shape index (κ3) is 3.78. The van der Waals surface area contributed by atoms with E-state index in [9.17, 15) is 0 Å². The van der Waals surface area contributed by atoms with E-state index >= 15 is 0 Å². The van der Waals surface area contributed by atoms with Crippen molar-refractivity contribution in [1.29, 1.82) is 0 Å². The van der Waals surface area contributed by atoms with E-state index in [1.807, 2.05) is 60.7 Å². The molecule has 0 amide bonds. The molecular formula is C38H20B4O. The van der Waals surface area contributed by atoms with E-state index in [0.717, 1.165) is 65.7 Å². The van der Waals surface area contributed by atoms with Crippen molar-refractivity contribution in [2.45, 2.75) is 0 Å². The molecule has 0 saturated carbocycles. The van der Waals surface area contributed by atoms with Gasteiger partial charge in [0.1, 0.15) is 42.6 Å². The second kappa shape index (κ2) is 9.85. The molecule has 5 heteroatoms. The maximum absolute atomic E-state index is 7.00. The summed E-state index contributed by atoms with van der Waals surface area (Å²) >= 11 is 0. The number of furan rings is 1. The number of para-hydroxylation sites is 1.